The van der Waals surface area contributed by atoms with Crippen LogP contribution in [-0.2, 0) is 0 Å². The Balaban J connectivity index is -0.0000000450. The standard InChI is InChI=1S/3FH.Li.Nd.H/h3*1H;;;/q;;;+1;+3;-1/p-3. The van der Waals surface area contributed by atoms with E-state index in [9.17, 15) is 3.04 Å². The second kappa shape index (κ2) is 5.74. The Morgan fingerprint density at radius 2 is 1.20 bits per heavy atom. The molecule has 0 rings (SSSR count). The van der Waals surface area contributed by atoms with Crippen molar-refractivity contribution in [3.8, 4) is 0 Å². The van der Waals surface area contributed by atoms with Crippen molar-refractivity contribution in [1.29, 1.82) is 0 Å². The first-order valence-electron chi connectivity index (χ1n) is 0.567. The van der Waals surface area contributed by atoms with Gasteiger partial charge >= 0.3 is 59.0 Å². The smallest absolute Gasteiger partial charge is 1.00 e. The summed E-state index contributed by atoms with van der Waals surface area (Å²) >= 11 is -5.16. The molecule has 0 N–H and O–H groups in total. The Kier molecular flexibility index (Phi) is 11.3. The zero-order valence-electron chi connectivity index (χ0n) is 3.63. The van der Waals surface area contributed by atoms with Crippen LogP contribution in [0.3, 0.4) is 0 Å². The molecule has 0 saturated heterocycles. The predicted octanol–water partition coefficient (Wildman–Crippen LogP) is -1.62. The fourth-order valence-corrected chi connectivity index (χ4v) is 0. The van der Waals surface area contributed by atoms with Crippen LogP contribution >= 0.6 is 0 Å². The van der Waals surface area contributed by atoms with Gasteiger partial charge in [0.25, 0.3) is 0 Å². The van der Waals surface area contributed by atoms with Crippen molar-refractivity contribution in [3.63, 3.8) is 0 Å². The first kappa shape index (κ1) is 9.88. The van der Waals surface area contributed by atoms with Crippen LogP contribution in [0.5, 0.6) is 0 Å². The Morgan fingerprint density at radius 1 is 1.20 bits per heavy atom. The zero-order chi connectivity index (χ0) is 3.58. The fourth-order valence-electron chi connectivity index (χ4n) is 0. The summed E-state index contributed by atoms with van der Waals surface area (Å²) in [4.78, 5) is 0. The van der Waals surface area contributed by atoms with E-state index in [1.165, 1.54) is 0 Å². The molecule has 27 valence electrons. The van der Waals surface area contributed by atoms with Crippen LogP contribution in [0.1, 0.15) is 1.43 Å². The normalized spacial score (nSPS) is 5.40. The van der Waals surface area contributed by atoms with Crippen LogP contribution in [-0.4, -0.2) is 0 Å². The maximum absolute atomic E-state index is 9.88. The number of rotatable bonds is 0. The van der Waals surface area contributed by atoms with Gasteiger partial charge in [-0.25, -0.2) is 0 Å². The Morgan fingerprint density at radius 3 is 1.20 bits per heavy atom. The third kappa shape index (κ3) is 26.5. The molecule has 5 heteroatoms. The molecule has 0 fully saturated rings. The molecule has 0 aromatic carbocycles. The summed E-state index contributed by atoms with van der Waals surface area (Å²) in [5.41, 5.74) is 0. The van der Waals surface area contributed by atoms with Gasteiger partial charge in [0.2, 0.25) is 0 Å². The molecule has 5 heavy (non-hydrogen) atoms. The molecule has 0 amide bonds. The van der Waals surface area contributed by atoms with E-state index in [4.69, 9.17) is 0 Å². The largest absolute Gasteiger partial charge is 1.00 e. The molecule has 0 spiro atoms. The van der Waals surface area contributed by atoms with Gasteiger partial charge in [0.1, 0.15) is 0 Å². The van der Waals surface area contributed by atoms with Gasteiger partial charge in [0, 0.05) is 0 Å². The van der Waals surface area contributed by atoms with Crippen molar-refractivity contribution in [3.05, 3.63) is 0 Å². The molecule has 0 aromatic rings. The van der Waals surface area contributed by atoms with Crippen LogP contribution in [0.2, 0.25) is 0 Å². The van der Waals surface area contributed by atoms with Crippen molar-refractivity contribution in [2.24, 2.45) is 0 Å². The van der Waals surface area contributed by atoms with E-state index < -0.39 is 37.1 Å². The number of hydrogen-bond donors (Lipinski definition) is 0. The maximum atomic E-state index is 9.88. The van der Waals surface area contributed by atoms with E-state index in [-0.39, 0.29) is 20.3 Å². The van der Waals surface area contributed by atoms with E-state index in [0.717, 1.165) is 0 Å². The minimum atomic E-state index is -5.16. The van der Waals surface area contributed by atoms with Gasteiger partial charge in [-0.2, -0.15) is 0 Å². The van der Waals surface area contributed by atoms with Gasteiger partial charge in [-0.15, -0.1) is 0 Å². The molecular weight excluding hydrogens is 208 g/mol. The quantitative estimate of drug-likeness (QED) is 0.421. The van der Waals surface area contributed by atoms with E-state index in [1.807, 2.05) is 0 Å². The minimum Gasteiger partial charge on any atom is -1.00 e. The third-order valence-corrected chi connectivity index (χ3v) is 0. The second-order valence-corrected chi connectivity index (χ2v) is 1.59. The van der Waals surface area contributed by atoms with Crippen molar-refractivity contribution in [2.45, 2.75) is 0 Å². The van der Waals surface area contributed by atoms with Gasteiger partial charge in [-0.1, -0.05) is 0 Å². The molecule has 0 radical (unpaired) electrons. The Bertz CT molecular complexity index is 15.5. The van der Waals surface area contributed by atoms with Gasteiger partial charge < -0.3 is 1.43 Å². The molecular formula is HF3LiNd. The fraction of sp³-hybridized carbons (Fsp3) is 0. The van der Waals surface area contributed by atoms with E-state index in [0.29, 0.717) is 0 Å². The van der Waals surface area contributed by atoms with Gasteiger partial charge in [0.15, 0.2) is 0 Å². The summed E-state index contributed by atoms with van der Waals surface area (Å²) in [5, 5.41) is 0. The minimum absolute atomic E-state index is 0. The molecule has 0 saturated carbocycles. The van der Waals surface area contributed by atoms with Gasteiger partial charge in [0.05, 0.1) is 0 Å². The average Bonchev–Trinajstić information content (AvgIpc) is 0.811. The van der Waals surface area contributed by atoms with Crippen LogP contribution in [0, 0.1) is 37.1 Å². The maximum Gasteiger partial charge on any atom is 1.00 e. The topological polar surface area (TPSA) is 0 Å². The van der Waals surface area contributed by atoms with Crippen molar-refractivity contribution >= 4 is 0 Å². The molecule has 0 atom stereocenters. The summed E-state index contributed by atoms with van der Waals surface area (Å²) in [6.45, 7) is 0. The van der Waals surface area contributed by atoms with E-state index in [1.54, 1.807) is 0 Å². The van der Waals surface area contributed by atoms with Crippen molar-refractivity contribution < 1.29 is 60.4 Å². The Hall–Kier alpha value is 1.74. The molecule has 0 aliphatic heterocycles. The summed E-state index contributed by atoms with van der Waals surface area (Å²) in [5.74, 6) is 0. The Labute approximate surface area is 59.6 Å². The predicted molar refractivity (Wildman–Crippen MR) is 4.44 cm³/mol. The summed E-state index contributed by atoms with van der Waals surface area (Å²) in [7, 11) is 0. The first-order valence-corrected chi connectivity index (χ1v) is 4.20. The average molecular weight is 209 g/mol. The van der Waals surface area contributed by atoms with Crippen molar-refractivity contribution in [1.82, 2.24) is 0 Å². The van der Waals surface area contributed by atoms with Crippen LogP contribution in [0.25, 0.3) is 0 Å². The van der Waals surface area contributed by atoms with Crippen molar-refractivity contribution in [2.75, 3.05) is 0 Å². The molecule has 0 aromatic heterocycles. The summed E-state index contributed by atoms with van der Waals surface area (Å²) < 4.78 is 29.6. The van der Waals surface area contributed by atoms with Crippen LogP contribution < -0.4 is 18.9 Å². The molecule has 0 heterocycles. The molecule has 0 bridgehead atoms. The first-order chi connectivity index (χ1) is 1.73. The monoisotopic (exact) mass is 207 g/mol. The second-order valence-electron chi connectivity index (χ2n) is 0.214. The van der Waals surface area contributed by atoms with Gasteiger partial charge in [-0.05, 0) is 0 Å². The molecule has 0 aliphatic carbocycles. The van der Waals surface area contributed by atoms with E-state index in [2.05, 4.69) is 0 Å². The molecule has 0 nitrogen and oxygen atoms in total. The van der Waals surface area contributed by atoms with Gasteiger partial charge in [-0.3, -0.25) is 0 Å². The molecule has 0 aliphatic rings. The number of halogens is 3. The third-order valence-electron chi connectivity index (χ3n) is 0. The summed E-state index contributed by atoms with van der Waals surface area (Å²) in [6.07, 6.45) is 0. The van der Waals surface area contributed by atoms with E-state index >= 15 is 0 Å². The van der Waals surface area contributed by atoms with Crippen LogP contribution in [0.4, 0.5) is 3.04 Å². The zero-order valence-corrected chi connectivity index (χ0v) is 5.84. The van der Waals surface area contributed by atoms with Crippen LogP contribution in [0.15, 0.2) is 0 Å². The summed E-state index contributed by atoms with van der Waals surface area (Å²) in [6, 6.07) is 0. The number of hydrogen-bond acceptors (Lipinski definition) is 0. The SMILES string of the molecule is [F][Nd]([F])[F].[H-].[Li+]. The molecule has 0 unspecified atom stereocenters.